The first kappa shape index (κ1) is 16.3. The molecule has 0 atom stereocenters. The number of anilines is 1. The van der Waals surface area contributed by atoms with Gasteiger partial charge in [0.1, 0.15) is 17.2 Å². The monoisotopic (exact) mass is 329 g/mol. The van der Waals surface area contributed by atoms with Crippen molar-refractivity contribution in [1.29, 1.82) is 0 Å². The quantitative estimate of drug-likeness (QED) is 0.919. The molecule has 1 N–H and O–H groups in total. The van der Waals surface area contributed by atoms with Crippen molar-refractivity contribution in [1.82, 2.24) is 19.7 Å². The van der Waals surface area contributed by atoms with E-state index in [4.69, 9.17) is 4.74 Å². The molecule has 2 amide bonds. The van der Waals surface area contributed by atoms with Crippen molar-refractivity contribution < 1.29 is 9.53 Å². The summed E-state index contributed by atoms with van der Waals surface area (Å²) in [7, 11) is 0. The van der Waals surface area contributed by atoms with E-state index in [1.54, 1.807) is 16.5 Å². The largest absolute Gasteiger partial charge is 0.486 e. The number of aromatic nitrogens is 3. The van der Waals surface area contributed by atoms with E-state index in [0.717, 1.165) is 11.3 Å². The normalized spacial score (nSPS) is 16.1. The van der Waals surface area contributed by atoms with Gasteiger partial charge in [0.25, 0.3) is 0 Å². The molecule has 0 bridgehead atoms. The van der Waals surface area contributed by atoms with Crippen LogP contribution in [0.2, 0.25) is 0 Å². The van der Waals surface area contributed by atoms with Crippen LogP contribution in [-0.2, 0) is 13.1 Å². The first-order chi connectivity index (χ1) is 11.4. The number of para-hydroxylation sites is 1. The van der Waals surface area contributed by atoms with Gasteiger partial charge in [0.05, 0.1) is 13.1 Å². The Morgan fingerprint density at radius 1 is 1.38 bits per heavy atom. The summed E-state index contributed by atoms with van der Waals surface area (Å²) >= 11 is 0. The Balaban J connectivity index is 1.84. The van der Waals surface area contributed by atoms with Crippen LogP contribution >= 0.6 is 0 Å². The summed E-state index contributed by atoms with van der Waals surface area (Å²) in [6.07, 6.45) is 0. The first-order valence-electron chi connectivity index (χ1n) is 8.12. The molecule has 24 heavy (non-hydrogen) atoms. The van der Waals surface area contributed by atoms with E-state index in [2.05, 4.69) is 15.4 Å². The fourth-order valence-electron chi connectivity index (χ4n) is 2.87. The van der Waals surface area contributed by atoms with Crippen molar-refractivity contribution in [3.63, 3.8) is 0 Å². The molecule has 0 saturated heterocycles. The number of aryl methyl sites for hydroxylation is 2. The number of fused-ring (bicyclic) bond motifs is 1. The van der Waals surface area contributed by atoms with Crippen molar-refractivity contribution in [2.45, 2.75) is 46.4 Å². The lowest BCUT2D eigenvalue weighted by Gasteiger charge is -2.29. The average Bonchev–Trinajstić information content (AvgIpc) is 2.79. The lowest BCUT2D eigenvalue weighted by atomic mass is 10.1. The average molecular weight is 329 g/mol. The number of ether oxygens (including phenoxy) is 1. The van der Waals surface area contributed by atoms with Crippen molar-refractivity contribution in [3.8, 4) is 5.75 Å². The van der Waals surface area contributed by atoms with E-state index in [9.17, 15) is 4.79 Å². The minimum absolute atomic E-state index is 0.203. The summed E-state index contributed by atoms with van der Waals surface area (Å²) < 4.78 is 7.75. The van der Waals surface area contributed by atoms with Gasteiger partial charge in [0, 0.05) is 12.1 Å². The van der Waals surface area contributed by atoms with Gasteiger partial charge in [-0.3, -0.25) is 5.32 Å². The molecule has 3 rings (SSSR count). The van der Waals surface area contributed by atoms with Gasteiger partial charge in [0.2, 0.25) is 5.95 Å². The van der Waals surface area contributed by atoms with Crippen molar-refractivity contribution in [2.24, 2.45) is 0 Å². The van der Waals surface area contributed by atoms with Crippen LogP contribution in [0.5, 0.6) is 5.75 Å². The molecule has 0 aliphatic carbocycles. The second-order valence-corrected chi connectivity index (χ2v) is 6.55. The Bertz CT molecular complexity index is 753. The molecule has 0 radical (unpaired) electrons. The summed E-state index contributed by atoms with van der Waals surface area (Å²) in [6.45, 7) is 9.34. The third-order valence-electron chi connectivity index (χ3n) is 3.87. The SMILES string of the molecule is CCn1nc(C)nc1NC(=O)N1Cc2ccccc2OC(C)(C)C1. The predicted octanol–water partition coefficient (Wildman–Crippen LogP) is 2.81. The van der Waals surface area contributed by atoms with Gasteiger partial charge >= 0.3 is 6.03 Å². The number of hydrogen-bond acceptors (Lipinski definition) is 4. The van der Waals surface area contributed by atoms with Gasteiger partial charge < -0.3 is 9.64 Å². The number of urea groups is 1. The number of rotatable bonds is 2. The predicted molar refractivity (Wildman–Crippen MR) is 91.0 cm³/mol. The third-order valence-corrected chi connectivity index (χ3v) is 3.87. The molecular formula is C17H23N5O2. The van der Waals surface area contributed by atoms with E-state index >= 15 is 0 Å². The maximum absolute atomic E-state index is 12.8. The summed E-state index contributed by atoms with van der Waals surface area (Å²) in [6, 6.07) is 7.61. The van der Waals surface area contributed by atoms with E-state index in [-0.39, 0.29) is 6.03 Å². The zero-order valence-electron chi connectivity index (χ0n) is 14.5. The molecule has 1 aliphatic heterocycles. The second kappa shape index (κ2) is 6.14. The minimum Gasteiger partial charge on any atom is -0.486 e. The van der Waals surface area contributed by atoms with Crippen LogP contribution < -0.4 is 10.1 Å². The summed E-state index contributed by atoms with van der Waals surface area (Å²) in [4.78, 5) is 18.8. The zero-order valence-corrected chi connectivity index (χ0v) is 14.5. The van der Waals surface area contributed by atoms with E-state index in [0.29, 0.717) is 31.4 Å². The molecule has 2 aromatic rings. The summed E-state index contributed by atoms with van der Waals surface area (Å²) in [5, 5.41) is 7.13. The van der Waals surface area contributed by atoms with E-state index in [1.807, 2.05) is 45.0 Å². The van der Waals surface area contributed by atoms with Gasteiger partial charge in [-0.1, -0.05) is 18.2 Å². The molecule has 0 fully saturated rings. The molecule has 1 aromatic heterocycles. The highest BCUT2D eigenvalue weighted by atomic mass is 16.5. The van der Waals surface area contributed by atoms with Crippen molar-refractivity contribution >= 4 is 12.0 Å². The van der Waals surface area contributed by atoms with Crippen LogP contribution in [0.4, 0.5) is 10.7 Å². The number of nitrogens with one attached hydrogen (secondary N) is 1. The number of benzene rings is 1. The van der Waals surface area contributed by atoms with Gasteiger partial charge in [-0.15, -0.1) is 0 Å². The zero-order chi connectivity index (χ0) is 17.3. The van der Waals surface area contributed by atoms with E-state index < -0.39 is 5.60 Å². The van der Waals surface area contributed by atoms with Crippen LogP contribution in [-0.4, -0.2) is 37.8 Å². The molecule has 7 heteroatoms. The molecule has 1 aromatic carbocycles. The number of carbonyl (C=O) groups excluding carboxylic acids is 1. The number of nitrogens with zero attached hydrogens (tertiary/aromatic N) is 4. The number of carbonyl (C=O) groups is 1. The Labute approximate surface area is 141 Å². The van der Waals surface area contributed by atoms with Crippen LogP contribution in [0, 0.1) is 6.92 Å². The highest BCUT2D eigenvalue weighted by Crippen LogP contribution is 2.29. The number of amides is 2. The van der Waals surface area contributed by atoms with Crippen LogP contribution in [0.3, 0.4) is 0 Å². The molecule has 7 nitrogen and oxygen atoms in total. The third kappa shape index (κ3) is 3.34. The maximum Gasteiger partial charge on any atom is 0.324 e. The summed E-state index contributed by atoms with van der Waals surface area (Å²) in [5.74, 6) is 1.93. The van der Waals surface area contributed by atoms with Gasteiger partial charge in [-0.05, 0) is 33.8 Å². The number of hydrogen-bond donors (Lipinski definition) is 1. The van der Waals surface area contributed by atoms with Gasteiger partial charge in [0.15, 0.2) is 0 Å². The van der Waals surface area contributed by atoms with Gasteiger partial charge in [-0.25, -0.2) is 9.48 Å². The molecule has 2 heterocycles. The minimum atomic E-state index is -0.474. The summed E-state index contributed by atoms with van der Waals surface area (Å²) in [5.41, 5.74) is 0.518. The Hall–Kier alpha value is -2.57. The standard InChI is InChI=1S/C17H23N5O2/c1-5-22-15(18-12(2)20-22)19-16(23)21-10-13-8-6-7-9-14(13)24-17(3,4)11-21/h6-9H,5,10-11H2,1-4H3,(H,18,19,20,23). The Kier molecular flexibility index (Phi) is 4.17. The fourth-order valence-corrected chi connectivity index (χ4v) is 2.87. The first-order valence-corrected chi connectivity index (χ1v) is 8.12. The van der Waals surface area contributed by atoms with Crippen molar-refractivity contribution in [2.75, 3.05) is 11.9 Å². The highest BCUT2D eigenvalue weighted by molar-refractivity contribution is 5.87. The topological polar surface area (TPSA) is 72.3 Å². The maximum atomic E-state index is 12.8. The highest BCUT2D eigenvalue weighted by Gasteiger charge is 2.31. The Morgan fingerprint density at radius 2 is 2.12 bits per heavy atom. The molecular weight excluding hydrogens is 306 g/mol. The van der Waals surface area contributed by atoms with Crippen molar-refractivity contribution in [3.05, 3.63) is 35.7 Å². The lowest BCUT2D eigenvalue weighted by molar-refractivity contribution is 0.0834. The molecule has 0 saturated carbocycles. The van der Waals surface area contributed by atoms with E-state index in [1.165, 1.54) is 0 Å². The molecule has 128 valence electrons. The second-order valence-electron chi connectivity index (χ2n) is 6.55. The molecule has 1 aliphatic rings. The smallest absolute Gasteiger partial charge is 0.324 e. The van der Waals surface area contributed by atoms with Crippen LogP contribution in [0.1, 0.15) is 32.2 Å². The van der Waals surface area contributed by atoms with Crippen LogP contribution in [0.25, 0.3) is 0 Å². The molecule has 0 spiro atoms. The Morgan fingerprint density at radius 3 is 2.88 bits per heavy atom. The molecule has 0 unspecified atom stereocenters. The fraction of sp³-hybridized carbons (Fsp3) is 0.471. The van der Waals surface area contributed by atoms with Gasteiger partial charge in [-0.2, -0.15) is 10.1 Å². The lowest BCUT2D eigenvalue weighted by Crippen LogP contribution is -2.45. The van der Waals surface area contributed by atoms with Crippen LogP contribution in [0.15, 0.2) is 24.3 Å².